The number of hydrogen-bond donors (Lipinski definition) is 0. The SMILES string of the molecule is CC(C)COC(=O)C(SCCCCCC(C)(F)F)C(C)C. The molecule has 0 fully saturated rings. The highest BCUT2D eigenvalue weighted by Crippen LogP contribution is 2.24. The van der Waals surface area contributed by atoms with Gasteiger partial charge in [-0.3, -0.25) is 4.79 Å². The number of halogens is 2. The Balaban J connectivity index is 3.92. The van der Waals surface area contributed by atoms with Gasteiger partial charge in [0.25, 0.3) is 0 Å². The molecule has 0 aromatic carbocycles. The van der Waals surface area contributed by atoms with Crippen molar-refractivity contribution in [3.8, 4) is 0 Å². The quantitative estimate of drug-likeness (QED) is 0.388. The summed E-state index contributed by atoms with van der Waals surface area (Å²) in [6.07, 6.45) is 2.12. The Hall–Kier alpha value is -0.320. The highest BCUT2D eigenvalue weighted by molar-refractivity contribution is 8.00. The fourth-order valence-corrected chi connectivity index (χ4v) is 3.00. The summed E-state index contributed by atoms with van der Waals surface area (Å²) in [4.78, 5) is 12.0. The Morgan fingerprint density at radius 2 is 1.76 bits per heavy atom. The lowest BCUT2D eigenvalue weighted by atomic mass is 10.1. The van der Waals surface area contributed by atoms with Crippen LogP contribution in [0.5, 0.6) is 0 Å². The molecule has 21 heavy (non-hydrogen) atoms. The van der Waals surface area contributed by atoms with Crippen molar-refractivity contribution in [2.75, 3.05) is 12.4 Å². The van der Waals surface area contributed by atoms with E-state index in [1.165, 1.54) is 0 Å². The number of esters is 1. The lowest BCUT2D eigenvalue weighted by Crippen LogP contribution is -2.27. The molecule has 0 aliphatic rings. The minimum atomic E-state index is -2.56. The summed E-state index contributed by atoms with van der Waals surface area (Å²) in [6, 6.07) is 0. The molecule has 0 aliphatic heterocycles. The Morgan fingerprint density at radius 1 is 1.14 bits per heavy atom. The van der Waals surface area contributed by atoms with Gasteiger partial charge in [-0.25, -0.2) is 8.78 Å². The monoisotopic (exact) mass is 324 g/mol. The zero-order valence-electron chi connectivity index (χ0n) is 14.0. The Kier molecular flexibility index (Phi) is 10.3. The molecule has 5 heteroatoms. The number of ether oxygens (including phenoxy) is 1. The second-order valence-electron chi connectivity index (χ2n) is 6.44. The maximum absolute atomic E-state index is 12.7. The van der Waals surface area contributed by atoms with Gasteiger partial charge in [0, 0.05) is 6.42 Å². The normalized spacial score (nSPS) is 13.8. The molecule has 0 heterocycles. The number of carbonyl (C=O) groups excluding carboxylic acids is 1. The molecule has 2 nitrogen and oxygen atoms in total. The van der Waals surface area contributed by atoms with Crippen LogP contribution in [0.2, 0.25) is 0 Å². The zero-order valence-corrected chi connectivity index (χ0v) is 14.8. The van der Waals surface area contributed by atoms with Crippen LogP contribution < -0.4 is 0 Å². The van der Waals surface area contributed by atoms with Crippen LogP contribution in [0.25, 0.3) is 0 Å². The van der Waals surface area contributed by atoms with Crippen molar-refractivity contribution in [3.63, 3.8) is 0 Å². The maximum Gasteiger partial charge on any atom is 0.319 e. The molecular formula is C16H30F2O2S. The molecule has 0 saturated carbocycles. The van der Waals surface area contributed by atoms with Gasteiger partial charge in [0.2, 0.25) is 5.92 Å². The summed E-state index contributed by atoms with van der Waals surface area (Å²) in [5.41, 5.74) is 0. The molecule has 0 aromatic heterocycles. The summed E-state index contributed by atoms with van der Waals surface area (Å²) in [5.74, 6) is -1.34. The van der Waals surface area contributed by atoms with Crippen LogP contribution in [-0.2, 0) is 9.53 Å². The van der Waals surface area contributed by atoms with Crippen molar-refractivity contribution in [1.29, 1.82) is 0 Å². The van der Waals surface area contributed by atoms with E-state index in [9.17, 15) is 13.6 Å². The summed E-state index contributed by atoms with van der Waals surface area (Å²) >= 11 is 1.59. The second kappa shape index (κ2) is 10.4. The van der Waals surface area contributed by atoms with E-state index in [0.29, 0.717) is 18.9 Å². The third-order valence-electron chi connectivity index (χ3n) is 2.95. The van der Waals surface area contributed by atoms with Crippen LogP contribution in [0, 0.1) is 11.8 Å². The van der Waals surface area contributed by atoms with E-state index in [1.54, 1.807) is 11.8 Å². The van der Waals surface area contributed by atoms with Crippen molar-refractivity contribution in [2.24, 2.45) is 11.8 Å². The zero-order chi connectivity index (χ0) is 16.5. The standard InChI is InChI=1S/C16H30F2O2S/c1-12(2)11-20-15(19)14(13(3)4)21-10-8-6-7-9-16(5,17)18/h12-14H,6-11H2,1-5H3. The molecule has 0 aromatic rings. The van der Waals surface area contributed by atoms with Gasteiger partial charge in [-0.15, -0.1) is 11.8 Å². The van der Waals surface area contributed by atoms with Crippen LogP contribution in [0.3, 0.4) is 0 Å². The van der Waals surface area contributed by atoms with E-state index in [-0.39, 0.29) is 23.6 Å². The minimum Gasteiger partial charge on any atom is -0.465 e. The van der Waals surface area contributed by atoms with E-state index in [0.717, 1.165) is 25.5 Å². The summed E-state index contributed by atoms with van der Waals surface area (Å²) in [5, 5.41) is -0.156. The first-order valence-electron chi connectivity index (χ1n) is 7.79. The molecule has 0 saturated heterocycles. The summed E-state index contributed by atoms with van der Waals surface area (Å²) in [7, 11) is 0. The predicted molar refractivity (Wildman–Crippen MR) is 86.0 cm³/mol. The second-order valence-corrected chi connectivity index (χ2v) is 7.69. The van der Waals surface area contributed by atoms with Crippen molar-refractivity contribution in [1.82, 2.24) is 0 Å². The molecule has 0 bridgehead atoms. The average molecular weight is 324 g/mol. The number of carbonyl (C=O) groups is 1. The maximum atomic E-state index is 12.7. The Morgan fingerprint density at radius 3 is 2.24 bits per heavy atom. The van der Waals surface area contributed by atoms with Crippen molar-refractivity contribution >= 4 is 17.7 Å². The first kappa shape index (κ1) is 20.7. The van der Waals surface area contributed by atoms with Gasteiger partial charge in [-0.05, 0) is 37.4 Å². The summed E-state index contributed by atoms with van der Waals surface area (Å²) in [6.45, 7) is 9.44. The Bertz CT molecular complexity index is 288. The first-order chi connectivity index (χ1) is 9.63. The molecule has 0 radical (unpaired) electrons. The van der Waals surface area contributed by atoms with Crippen LogP contribution >= 0.6 is 11.8 Å². The highest BCUT2D eigenvalue weighted by atomic mass is 32.2. The number of hydrogen-bond acceptors (Lipinski definition) is 3. The molecule has 126 valence electrons. The predicted octanol–water partition coefficient (Wildman–Crippen LogP) is 5.16. The lowest BCUT2D eigenvalue weighted by molar-refractivity contribution is -0.144. The van der Waals surface area contributed by atoms with Gasteiger partial charge in [0.15, 0.2) is 0 Å². The minimum absolute atomic E-state index is 0.0539. The lowest BCUT2D eigenvalue weighted by Gasteiger charge is -2.19. The van der Waals surface area contributed by atoms with Gasteiger partial charge < -0.3 is 4.74 Å². The third-order valence-corrected chi connectivity index (χ3v) is 4.57. The van der Waals surface area contributed by atoms with E-state index in [1.807, 2.05) is 27.7 Å². The van der Waals surface area contributed by atoms with E-state index in [2.05, 4.69) is 0 Å². The molecule has 0 N–H and O–H groups in total. The van der Waals surface area contributed by atoms with Crippen molar-refractivity contribution in [3.05, 3.63) is 0 Å². The van der Waals surface area contributed by atoms with Crippen molar-refractivity contribution in [2.45, 2.75) is 71.5 Å². The molecule has 0 amide bonds. The number of alkyl halides is 2. The van der Waals surface area contributed by atoms with E-state index >= 15 is 0 Å². The first-order valence-corrected chi connectivity index (χ1v) is 8.84. The fourth-order valence-electron chi connectivity index (χ4n) is 1.79. The fraction of sp³-hybridized carbons (Fsp3) is 0.938. The molecule has 1 unspecified atom stereocenters. The molecule has 0 aliphatic carbocycles. The van der Waals surface area contributed by atoms with Crippen LogP contribution in [0.15, 0.2) is 0 Å². The topological polar surface area (TPSA) is 26.3 Å². The average Bonchev–Trinajstić information content (AvgIpc) is 2.33. The van der Waals surface area contributed by atoms with E-state index < -0.39 is 5.92 Å². The number of rotatable bonds is 11. The van der Waals surface area contributed by atoms with E-state index in [4.69, 9.17) is 4.74 Å². The Labute approximate surface area is 132 Å². The number of unbranched alkanes of at least 4 members (excludes halogenated alkanes) is 2. The van der Waals surface area contributed by atoms with Crippen molar-refractivity contribution < 1.29 is 18.3 Å². The van der Waals surface area contributed by atoms with Gasteiger partial charge in [-0.2, -0.15) is 0 Å². The molecule has 1 atom stereocenters. The summed E-state index contributed by atoms with van der Waals surface area (Å²) < 4.78 is 30.6. The number of thioether (sulfide) groups is 1. The third kappa shape index (κ3) is 12.0. The van der Waals surface area contributed by atoms with Gasteiger partial charge in [0.1, 0.15) is 5.25 Å². The largest absolute Gasteiger partial charge is 0.465 e. The van der Waals surface area contributed by atoms with Gasteiger partial charge >= 0.3 is 5.97 Å². The molecular weight excluding hydrogens is 294 g/mol. The van der Waals surface area contributed by atoms with Gasteiger partial charge in [0.05, 0.1) is 6.61 Å². The van der Waals surface area contributed by atoms with Crippen LogP contribution in [-0.4, -0.2) is 29.5 Å². The van der Waals surface area contributed by atoms with Gasteiger partial charge in [-0.1, -0.05) is 34.1 Å². The highest BCUT2D eigenvalue weighted by Gasteiger charge is 2.24. The molecule has 0 rings (SSSR count). The van der Waals surface area contributed by atoms with Crippen LogP contribution in [0.4, 0.5) is 8.78 Å². The smallest absolute Gasteiger partial charge is 0.319 e. The van der Waals surface area contributed by atoms with Crippen LogP contribution in [0.1, 0.15) is 60.3 Å². The molecule has 0 spiro atoms.